The lowest BCUT2D eigenvalue weighted by atomic mass is 10.0. The molecular weight excluding hydrogens is 363 g/mol. The first-order chi connectivity index (χ1) is 13.5. The number of pyridine rings is 1. The number of anilines is 1. The van der Waals surface area contributed by atoms with Crippen molar-refractivity contribution in [1.29, 1.82) is 0 Å². The number of aryl methyl sites for hydroxylation is 2. The van der Waals surface area contributed by atoms with Crippen molar-refractivity contribution in [3.63, 3.8) is 0 Å². The predicted octanol–water partition coefficient (Wildman–Crippen LogP) is 2.45. The van der Waals surface area contributed by atoms with E-state index < -0.39 is 12.3 Å². The Kier molecular flexibility index (Phi) is 4.74. The quantitative estimate of drug-likeness (QED) is 0.681. The summed E-state index contributed by atoms with van der Waals surface area (Å²) in [5, 5.41) is 12.9. The normalized spacial score (nSPS) is 19.8. The van der Waals surface area contributed by atoms with Crippen molar-refractivity contribution in [2.45, 2.75) is 39.5 Å². The molecule has 0 amide bonds. The number of alkyl halides is 1. The molecule has 0 N–H and O–H groups in total. The van der Waals surface area contributed by atoms with Gasteiger partial charge >= 0.3 is 0 Å². The Bertz CT molecular complexity index is 990. The number of aromatic nitrogens is 5. The van der Waals surface area contributed by atoms with Crippen LogP contribution >= 0.6 is 0 Å². The molecule has 1 aliphatic heterocycles. The third-order valence-corrected chi connectivity index (χ3v) is 5.21. The van der Waals surface area contributed by atoms with Crippen LogP contribution in [-0.2, 0) is 0 Å². The van der Waals surface area contributed by atoms with Crippen molar-refractivity contribution in [3.8, 4) is 11.6 Å². The Morgan fingerprint density at radius 1 is 1.14 bits per heavy atom. The van der Waals surface area contributed by atoms with E-state index in [0.29, 0.717) is 30.4 Å². The van der Waals surface area contributed by atoms with Gasteiger partial charge in [-0.2, -0.15) is 4.52 Å². The Balaban J connectivity index is 1.51. The number of hydrogen-bond acceptors (Lipinski definition) is 7. The average Bonchev–Trinajstić information content (AvgIpc) is 3.07. The highest BCUT2D eigenvalue weighted by Gasteiger charge is 2.33. The van der Waals surface area contributed by atoms with Crippen LogP contribution in [0, 0.1) is 20.8 Å². The van der Waals surface area contributed by atoms with E-state index in [-0.39, 0.29) is 6.54 Å². The third kappa shape index (κ3) is 3.21. The molecule has 3 aromatic heterocycles. The molecule has 8 nitrogen and oxygen atoms in total. The van der Waals surface area contributed by atoms with Gasteiger partial charge in [0, 0.05) is 30.2 Å². The highest BCUT2D eigenvalue weighted by Crippen LogP contribution is 2.28. The van der Waals surface area contributed by atoms with E-state index in [2.05, 4.69) is 20.3 Å². The van der Waals surface area contributed by atoms with E-state index in [0.717, 1.165) is 22.6 Å². The fourth-order valence-electron chi connectivity index (χ4n) is 3.46. The molecule has 28 heavy (non-hydrogen) atoms. The molecule has 2 unspecified atom stereocenters. The number of fused-ring (bicyclic) bond motifs is 1. The summed E-state index contributed by atoms with van der Waals surface area (Å²) in [5.41, 5.74) is 2.73. The second-order valence-corrected chi connectivity index (χ2v) is 7.00. The molecule has 0 radical (unpaired) electrons. The molecule has 0 bridgehead atoms. The van der Waals surface area contributed by atoms with E-state index in [4.69, 9.17) is 9.47 Å². The lowest BCUT2D eigenvalue weighted by Crippen LogP contribution is -2.47. The number of rotatable bonds is 4. The zero-order chi connectivity index (χ0) is 19.8. The summed E-state index contributed by atoms with van der Waals surface area (Å²) < 4.78 is 27.5. The molecule has 0 aromatic carbocycles. The van der Waals surface area contributed by atoms with Gasteiger partial charge in [-0.3, -0.25) is 0 Å². The van der Waals surface area contributed by atoms with Gasteiger partial charge in [-0.25, -0.2) is 9.37 Å². The fourth-order valence-corrected chi connectivity index (χ4v) is 3.46. The van der Waals surface area contributed by atoms with Crippen molar-refractivity contribution in [1.82, 2.24) is 24.8 Å². The summed E-state index contributed by atoms with van der Waals surface area (Å²) in [7, 11) is 1.55. The standard InChI is InChI=1S/C19H23FN6O2/c1-11-12(2)19(24-26-13(3)22-23-18(11)26)25-8-7-16(15(20)10-25)28-14-5-6-17(27-4)21-9-14/h5-6,9,15-16H,7-8,10H2,1-4H3. The fraction of sp³-hybridized carbons (Fsp3) is 0.474. The van der Waals surface area contributed by atoms with Crippen LogP contribution in [-0.4, -0.2) is 57.3 Å². The molecule has 3 aromatic rings. The Hall–Kier alpha value is -2.97. The number of hydrogen-bond donors (Lipinski definition) is 0. The highest BCUT2D eigenvalue weighted by molar-refractivity contribution is 5.59. The Morgan fingerprint density at radius 2 is 1.96 bits per heavy atom. The minimum atomic E-state index is -1.14. The first-order valence-electron chi connectivity index (χ1n) is 9.23. The van der Waals surface area contributed by atoms with Crippen LogP contribution in [0.1, 0.15) is 23.4 Å². The summed E-state index contributed by atoms with van der Waals surface area (Å²) in [6.07, 6.45) is 0.436. The van der Waals surface area contributed by atoms with Crippen molar-refractivity contribution < 1.29 is 13.9 Å². The minimum Gasteiger partial charge on any atom is -0.486 e. The van der Waals surface area contributed by atoms with E-state index in [1.165, 1.54) is 0 Å². The largest absolute Gasteiger partial charge is 0.486 e. The van der Waals surface area contributed by atoms with E-state index in [9.17, 15) is 4.39 Å². The number of piperidine rings is 1. The average molecular weight is 386 g/mol. The number of ether oxygens (including phenoxy) is 2. The summed E-state index contributed by atoms with van der Waals surface area (Å²) in [6, 6.07) is 3.44. The molecule has 148 valence electrons. The maximum atomic E-state index is 14.9. The molecule has 1 fully saturated rings. The van der Waals surface area contributed by atoms with E-state index in [1.807, 2.05) is 25.7 Å². The number of methoxy groups -OCH3 is 1. The third-order valence-electron chi connectivity index (χ3n) is 5.21. The zero-order valence-corrected chi connectivity index (χ0v) is 16.4. The van der Waals surface area contributed by atoms with Crippen LogP contribution < -0.4 is 14.4 Å². The molecule has 0 saturated carbocycles. The smallest absolute Gasteiger partial charge is 0.213 e. The van der Waals surface area contributed by atoms with Gasteiger partial charge in [-0.05, 0) is 26.8 Å². The molecule has 0 aliphatic carbocycles. The van der Waals surface area contributed by atoms with Crippen molar-refractivity contribution in [3.05, 3.63) is 35.3 Å². The van der Waals surface area contributed by atoms with Crippen molar-refractivity contribution >= 4 is 11.5 Å². The van der Waals surface area contributed by atoms with Gasteiger partial charge in [0.15, 0.2) is 23.5 Å². The number of halogens is 1. The maximum absolute atomic E-state index is 14.9. The predicted molar refractivity (Wildman–Crippen MR) is 102 cm³/mol. The van der Waals surface area contributed by atoms with Gasteiger partial charge in [0.05, 0.1) is 19.9 Å². The molecule has 2 atom stereocenters. The van der Waals surface area contributed by atoms with Gasteiger partial charge in [0.1, 0.15) is 11.9 Å². The van der Waals surface area contributed by atoms with Gasteiger partial charge < -0.3 is 14.4 Å². The lowest BCUT2D eigenvalue weighted by molar-refractivity contribution is 0.0814. The Labute approximate surface area is 162 Å². The molecule has 4 rings (SSSR count). The van der Waals surface area contributed by atoms with Crippen LogP contribution in [0.25, 0.3) is 5.65 Å². The first kappa shape index (κ1) is 18.4. The van der Waals surface area contributed by atoms with Crippen LogP contribution in [0.15, 0.2) is 18.3 Å². The minimum absolute atomic E-state index is 0.216. The van der Waals surface area contributed by atoms with Gasteiger partial charge in [0.25, 0.3) is 0 Å². The topological polar surface area (TPSA) is 77.7 Å². The molecule has 0 spiro atoms. The summed E-state index contributed by atoms with van der Waals surface area (Å²) in [5.74, 6) is 2.51. The second kappa shape index (κ2) is 7.21. The number of nitrogens with zero attached hydrogens (tertiary/aromatic N) is 6. The molecule has 4 heterocycles. The van der Waals surface area contributed by atoms with Gasteiger partial charge in [-0.15, -0.1) is 15.3 Å². The van der Waals surface area contributed by atoms with Crippen LogP contribution in [0.5, 0.6) is 11.6 Å². The van der Waals surface area contributed by atoms with Crippen LogP contribution in [0.4, 0.5) is 10.2 Å². The molecule has 1 saturated heterocycles. The second-order valence-electron chi connectivity index (χ2n) is 7.00. The highest BCUT2D eigenvalue weighted by atomic mass is 19.1. The monoisotopic (exact) mass is 386 g/mol. The van der Waals surface area contributed by atoms with Crippen LogP contribution in [0.3, 0.4) is 0 Å². The molecular formula is C19H23FN6O2. The van der Waals surface area contributed by atoms with Gasteiger partial charge in [-0.1, -0.05) is 0 Å². The Morgan fingerprint density at radius 3 is 2.64 bits per heavy atom. The van der Waals surface area contributed by atoms with Gasteiger partial charge in [0.2, 0.25) is 5.88 Å². The molecule has 9 heteroatoms. The summed E-state index contributed by atoms with van der Waals surface area (Å²) in [6.45, 7) is 6.69. The summed E-state index contributed by atoms with van der Waals surface area (Å²) >= 11 is 0. The summed E-state index contributed by atoms with van der Waals surface area (Å²) in [4.78, 5) is 6.07. The van der Waals surface area contributed by atoms with Crippen molar-refractivity contribution in [2.75, 3.05) is 25.1 Å². The maximum Gasteiger partial charge on any atom is 0.213 e. The first-order valence-corrected chi connectivity index (χ1v) is 9.23. The molecule has 1 aliphatic rings. The van der Waals surface area contributed by atoms with E-state index >= 15 is 0 Å². The van der Waals surface area contributed by atoms with Crippen molar-refractivity contribution in [2.24, 2.45) is 0 Å². The lowest BCUT2D eigenvalue weighted by Gasteiger charge is -2.36. The zero-order valence-electron chi connectivity index (χ0n) is 16.4. The van der Waals surface area contributed by atoms with Crippen LogP contribution in [0.2, 0.25) is 0 Å². The van der Waals surface area contributed by atoms with E-state index in [1.54, 1.807) is 30.0 Å². The SMILES string of the molecule is COc1ccc(OC2CCN(c3nn4c(C)nnc4c(C)c3C)CC2F)cn1.